The summed E-state index contributed by atoms with van der Waals surface area (Å²) in [5, 5.41) is 29.9. The normalized spacial score (nSPS) is 13.1. The Morgan fingerprint density at radius 2 is 1.76 bits per heavy atom. The molecular weight excluding hydrogens is 232 g/mol. The number of aliphatic hydroxyl groups is 3. The number of nitrogens with one attached hydrogen (secondary N) is 1. The highest BCUT2D eigenvalue weighted by Crippen LogP contribution is 2.15. The molecule has 0 aliphatic heterocycles. The zero-order valence-corrected chi connectivity index (χ0v) is 9.11. The highest BCUT2D eigenvalue weighted by Gasteiger charge is 2.13. The zero-order valence-electron chi connectivity index (χ0n) is 9.11. The summed E-state index contributed by atoms with van der Waals surface area (Å²) in [5.74, 6) is -2.00. The summed E-state index contributed by atoms with van der Waals surface area (Å²) in [6.07, 6.45) is -1.04. The van der Waals surface area contributed by atoms with E-state index in [2.05, 4.69) is 5.32 Å². The minimum Gasteiger partial charge on any atom is -0.395 e. The Morgan fingerprint density at radius 1 is 1.12 bits per heavy atom. The van der Waals surface area contributed by atoms with Gasteiger partial charge in [-0.3, -0.25) is 0 Å². The van der Waals surface area contributed by atoms with Crippen LogP contribution in [0.3, 0.4) is 0 Å². The maximum absolute atomic E-state index is 12.9. The van der Waals surface area contributed by atoms with Gasteiger partial charge in [-0.05, 0) is 17.7 Å². The highest BCUT2D eigenvalue weighted by atomic mass is 19.2. The van der Waals surface area contributed by atoms with Crippen LogP contribution in [0.1, 0.15) is 11.7 Å². The second-order valence-corrected chi connectivity index (χ2v) is 3.66. The maximum Gasteiger partial charge on any atom is 0.159 e. The first-order valence-corrected chi connectivity index (χ1v) is 5.16. The van der Waals surface area contributed by atoms with Crippen molar-refractivity contribution in [3.8, 4) is 0 Å². The Labute approximate surface area is 97.5 Å². The minimum absolute atomic E-state index is 0.0247. The van der Waals surface area contributed by atoms with E-state index in [0.29, 0.717) is 0 Å². The van der Waals surface area contributed by atoms with Gasteiger partial charge in [-0.2, -0.15) is 0 Å². The van der Waals surface area contributed by atoms with Gasteiger partial charge in [0.1, 0.15) is 0 Å². The summed E-state index contributed by atoms with van der Waals surface area (Å²) in [6, 6.07) is 2.57. The minimum atomic E-state index is -1.04. The molecule has 0 heterocycles. The molecule has 0 aliphatic rings. The molecule has 0 saturated carbocycles. The maximum atomic E-state index is 12.9. The van der Waals surface area contributed by atoms with Gasteiger partial charge in [0.2, 0.25) is 0 Å². The van der Waals surface area contributed by atoms with Crippen LogP contribution in [-0.2, 0) is 0 Å². The molecule has 0 saturated heterocycles. The van der Waals surface area contributed by atoms with Gasteiger partial charge in [0, 0.05) is 6.54 Å². The monoisotopic (exact) mass is 247 g/mol. The Hall–Kier alpha value is -1.08. The van der Waals surface area contributed by atoms with Crippen molar-refractivity contribution < 1.29 is 24.1 Å². The molecule has 0 amide bonds. The van der Waals surface area contributed by atoms with Gasteiger partial charge < -0.3 is 20.6 Å². The van der Waals surface area contributed by atoms with E-state index < -0.39 is 23.8 Å². The van der Waals surface area contributed by atoms with Crippen LogP contribution in [0, 0.1) is 11.6 Å². The van der Waals surface area contributed by atoms with E-state index in [0.717, 1.165) is 12.1 Å². The lowest BCUT2D eigenvalue weighted by Gasteiger charge is -2.17. The standard InChI is InChI=1S/C11H15F2NO3/c12-9-2-1-7(3-10(9)13)11(17)4-14-8(5-15)6-16/h1-3,8,11,14-17H,4-6H2. The predicted octanol–water partition coefficient (Wildman–Crippen LogP) is -0.0590. The SMILES string of the molecule is OCC(CO)NCC(O)c1ccc(F)c(F)c1. The fourth-order valence-corrected chi connectivity index (χ4v) is 1.30. The summed E-state index contributed by atoms with van der Waals surface area (Å²) in [7, 11) is 0. The molecule has 4 nitrogen and oxygen atoms in total. The van der Waals surface area contributed by atoms with E-state index in [4.69, 9.17) is 10.2 Å². The van der Waals surface area contributed by atoms with E-state index >= 15 is 0 Å². The van der Waals surface area contributed by atoms with Gasteiger partial charge >= 0.3 is 0 Å². The molecule has 17 heavy (non-hydrogen) atoms. The highest BCUT2D eigenvalue weighted by molar-refractivity contribution is 5.20. The summed E-state index contributed by atoms with van der Waals surface area (Å²) < 4.78 is 25.5. The quantitative estimate of drug-likeness (QED) is 0.568. The lowest BCUT2D eigenvalue weighted by atomic mass is 10.1. The van der Waals surface area contributed by atoms with Gasteiger partial charge in [-0.1, -0.05) is 6.07 Å². The van der Waals surface area contributed by atoms with Crippen LogP contribution >= 0.6 is 0 Å². The fraction of sp³-hybridized carbons (Fsp3) is 0.455. The average molecular weight is 247 g/mol. The van der Waals surface area contributed by atoms with Crippen LogP contribution in [0.5, 0.6) is 0 Å². The van der Waals surface area contributed by atoms with Crippen molar-refractivity contribution in [1.82, 2.24) is 5.32 Å². The number of benzene rings is 1. The number of hydrogen-bond donors (Lipinski definition) is 4. The molecule has 0 aromatic heterocycles. The molecule has 1 aromatic carbocycles. The summed E-state index contributed by atoms with van der Waals surface area (Å²) in [4.78, 5) is 0. The first-order chi connectivity index (χ1) is 8.08. The molecule has 96 valence electrons. The smallest absolute Gasteiger partial charge is 0.159 e. The summed E-state index contributed by atoms with van der Waals surface area (Å²) in [6.45, 7) is -0.529. The first kappa shape index (κ1) is 14.0. The van der Waals surface area contributed by atoms with Crippen molar-refractivity contribution in [3.05, 3.63) is 35.4 Å². The molecule has 0 bridgehead atoms. The largest absolute Gasteiger partial charge is 0.395 e. The van der Waals surface area contributed by atoms with Gasteiger partial charge in [-0.15, -0.1) is 0 Å². The molecular formula is C11H15F2NO3. The van der Waals surface area contributed by atoms with Crippen molar-refractivity contribution >= 4 is 0 Å². The fourth-order valence-electron chi connectivity index (χ4n) is 1.30. The van der Waals surface area contributed by atoms with Gasteiger partial charge in [0.25, 0.3) is 0 Å². The van der Waals surface area contributed by atoms with Crippen molar-refractivity contribution in [3.63, 3.8) is 0 Å². The van der Waals surface area contributed by atoms with Crippen LogP contribution < -0.4 is 5.32 Å². The number of hydrogen-bond acceptors (Lipinski definition) is 4. The van der Waals surface area contributed by atoms with Gasteiger partial charge in [0.15, 0.2) is 11.6 Å². The van der Waals surface area contributed by atoms with Gasteiger partial charge in [0.05, 0.1) is 25.4 Å². The Balaban J connectivity index is 2.57. The molecule has 1 atom stereocenters. The zero-order chi connectivity index (χ0) is 12.8. The van der Waals surface area contributed by atoms with Crippen LogP contribution in [-0.4, -0.2) is 41.1 Å². The molecule has 0 radical (unpaired) electrons. The third kappa shape index (κ3) is 4.01. The summed E-state index contributed by atoms with van der Waals surface area (Å²) in [5.41, 5.74) is 0.228. The molecule has 0 fully saturated rings. The van der Waals surface area contributed by atoms with Crippen LogP contribution in [0.15, 0.2) is 18.2 Å². The van der Waals surface area contributed by atoms with E-state index in [1.807, 2.05) is 0 Å². The number of aliphatic hydroxyl groups excluding tert-OH is 3. The predicted molar refractivity (Wildman–Crippen MR) is 57.3 cm³/mol. The number of halogens is 2. The van der Waals surface area contributed by atoms with Crippen LogP contribution in [0.4, 0.5) is 8.78 Å². The molecule has 4 N–H and O–H groups in total. The van der Waals surface area contributed by atoms with Gasteiger partial charge in [-0.25, -0.2) is 8.78 Å². The first-order valence-electron chi connectivity index (χ1n) is 5.16. The third-order valence-electron chi connectivity index (χ3n) is 2.37. The van der Waals surface area contributed by atoms with E-state index in [-0.39, 0.29) is 25.3 Å². The lowest BCUT2D eigenvalue weighted by Crippen LogP contribution is -2.38. The lowest BCUT2D eigenvalue weighted by molar-refractivity contribution is 0.135. The second kappa shape index (κ2) is 6.61. The molecule has 1 aromatic rings. The molecule has 1 rings (SSSR count). The topological polar surface area (TPSA) is 72.7 Å². The molecule has 6 heteroatoms. The molecule has 0 spiro atoms. The molecule has 0 aliphatic carbocycles. The van der Waals surface area contributed by atoms with Crippen molar-refractivity contribution in [2.45, 2.75) is 12.1 Å². The second-order valence-electron chi connectivity index (χ2n) is 3.66. The third-order valence-corrected chi connectivity index (χ3v) is 2.37. The van der Waals surface area contributed by atoms with Crippen molar-refractivity contribution in [1.29, 1.82) is 0 Å². The van der Waals surface area contributed by atoms with E-state index in [9.17, 15) is 13.9 Å². The van der Waals surface area contributed by atoms with E-state index in [1.54, 1.807) is 0 Å². The Kier molecular flexibility index (Phi) is 5.43. The van der Waals surface area contributed by atoms with Crippen LogP contribution in [0.2, 0.25) is 0 Å². The molecule has 1 unspecified atom stereocenters. The van der Waals surface area contributed by atoms with E-state index in [1.165, 1.54) is 6.07 Å². The summed E-state index contributed by atoms with van der Waals surface area (Å²) >= 11 is 0. The van der Waals surface area contributed by atoms with Crippen molar-refractivity contribution in [2.75, 3.05) is 19.8 Å². The Bertz CT molecular complexity index is 359. The number of rotatable bonds is 6. The Morgan fingerprint density at radius 3 is 2.29 bits per heavy atom. The van der Waals surface area contributed by atoms with Crippen molar-refractivity contribution in [2.24, 2.45) is 0 Å². The average Bonchev–Trinajstić information content (AvgIpc) is 2.33. The van der Waals surface area contributed by atoms with Crippen LogP contribution in [0.25, 0.3) is 0 Å².